The number of rotatable bonds is 6. The average Bonchev–Trinajstić information content (AvgIpc) is 2.88. The smallest absolute Gasteiger partial charge is 0.272 e. The third-order valence-corrected chi connectivity index (χ3v) is 6.32. The number of anilines is 2. The summed E-state index contributed by atoms with van der Waals surface area (Å²) < 4.78 is 0. The van der Waals surface area contributed by atoms with Crippen LogP contribution in [0.4, 0.5) is 17.1 Å². The molecule has 1 fully saturated rings. The molecule has 0 saturated carbocycles. The highest BCUT2D eigenvalue weighted by molar-refractivity contribution is 6.04. The molecule has 3 aromatic rings. The van der Waals surface area contributed by atoms with Crippen LogP contribution in [0.1, 0.15) is 38.8 Å². The first-order chi connectivity index (χ1) is 16.9. The molecule has 0 aromatic heterocycles. The number of nitro groups is 1. The Bertz CT molecular complexity index is 1230. The summed E-state index contributed by atoms with van der Waals surface area (Å²) in [6.45, 7) is 6.45. The molecule has 0 bridgehead atoms. The minimum atomic E-state index is -0.463. The van der Waals surface area contributed by atoms with Gasteiger partial charge in [-0.2, -0.15) is 0 Å². The molecule has 1 aliphatic heterocycles. The van der Waals surface area contributed by atoms with Crippen molar-refractivity contribution in [2.75, 3.05) is 36.4 Å². The van der Waals surface area contributed by atoms with Gasteiger partial charge in [-0.15, -0.1) is 0 Å². The zero-order valence-corrected chi connectivity index (χ0v) is 19.9. The van der Waals surface area contributed by atoms with Crippen LogP contribution in [0.2, 0.25) is 0 Å². The second-order valence-electron chi connectivity index (χ2n) is 8.59. The van der Waals surface area contributed by atoms with E-state index in [9.17, 15) is 19.7 Å². The van der Waals surface area contributed by atoms with Crippen LogP contribution in [0.3, 0.4) is 0 Å². The van der Waals surface area contributed by atoms with Gasteiger partial charge in [-0.3, -0.25) is 19.7 Å². The summed E-state index contributed by atoms with van der Waals surface area (Å²) in [5.74, 6) is -0.262. The van der Waals surface area contributed by atoms with Gasteiger partial charge in [0.25, 0.3) is 17.5 Å². The van der Waals surface area contributed by atoms with E-state index in [0.29, 0.717) is 29.9 Å². The highest BCUT2D eigenvalue weighted by Crippen LogP contribution is 2.22. The zero-order valence-electron chi connectivity index (χ0n) is 19.9. The molecule has 2 amide bonds. The number of piperazine rings is 1. The molecule has 3 aromatic carbocycles. The van der Waals surface area contributed by atoms with Crippen molar-refractivity contribution in [3.05, 3.63) is 99.1 Å². The second-order valence-corrected chi connectivity index (χ2v) is 8.59. The molecule has 180 valence electrons. The van der Waals surface area contributed by atoms with Gasteiger partial charge in [0.05, 0.1) is 4.92 Å². The SMILES string of the molecule is CCc1ccc(C(=O)N2CCN(c3ccc(NC(=O)c4ccc([N+](=O)[O-])c(C)c4)cc3)CC2)cc1. The number of aryl methyl sites for hydroxylation is 2. The summed E-state index contributed by atoms with van der Waals surface area (Å²) >= 11 is 0. The van der Waals surface area contributed by atoms with E-state index < -0.39 is 4.92 Å². The molecule has 0 radical (unpaired) electrons. The second kappa shape index (κ2) is 10.4. The van der Waals surface area contributed by atoms with Crippen LogP contribution >= 0.6 is 0 Å². The molecular formula is C27H28N4O4. The van der Waals surface area contributed by atoms with Crippen molar-refractivity contribution in [1.29, 1.82) is 0 Å². The Morgan fingerprint density at radius 2 is 1.54 bits per heavy atom. The molecule has 0 atom stereocenters. The number of hydrogen-bond acceptors (Lipinski definition) is 5. The summed E-state index contributed by atoms with van der Waals surface area (Å²) in [6.07, 6.45) is 0.951. The Morgan fingerprint density at radius 1 is 0.914 bits per heavy atom. The maximum atomic E-state index is 12.8. The zero-order chi connectivity index (χ0) is 24.9. The highest BCUT2D eigenvalue weighted by atomic mass is 16.6. The van der Waals surface area contributed by atoms with Crippen LogP contribution in [0.5, 0.6) is 0 Å². The van der Waals surface area contributed by atoms with E-state index in [4.69, 9.17) is 0 Å². The normalized spacial score (nSPS) is 13.4. The van der Waals surface area contributed by atoms with E-state index >= 15 is 0 Å². The molecule has 4 rings (SSSR count). The molecule has 1 saturated heterocycles. The number of nitro benzene ring substituents is 1. The lowest BCUT2D eigenvalue weighted by Gasteiger charge is -2.36. The van der Waals surface area contributed by atoms with Crippen molar-refractivity contribution >= 4 is 28.9 Å². The molecule has 1 heterocycles. The lowest BCUT2D eigenvalue weighted by Crippen LogP contribution is -2.48. The van der Waals surface area contributed by atoms with Crippen molar-refractivity contribution in [2.45, 2.75) is 20.3 Å². The predicted molar refractivity (Wildman–Crippen MR) is 136 cm³/mol. The highest BCUT2D eigenvalue weighted by Gasteiger charge is 2.22. The van der Waals surface area contributed by atoms with Gasteiger partial charge in [-0.25, -0.2) is 0 Å². The minimum Gasteiger partial charge on any atom is -0.368 e. The number of amides is 2. The molecular weight excluding hydrogens is 444 g/mol. The third kappa shape index (κ3) is 5.48. The van der Waals surface area contributed by atoms with Crippen molar-refractivity contribution in [3.8, 4) is 0 Å². The van der Waals surface area contributed by atoms with Gasteiger partial charge < -0.3 is 15.1 Å². The van der Waals surface area contributed by atoms with Crippen molar-refractivity contribution < 1.29 is 14.5 Å². The van der Waals surface area contributed by atoms with Gasteiger partial charge >= 0.3 is 0 Å². The third-order valence-electron chi connectivity index (χ3n) is 6.32. The number of nitrogens with one attached hydrogen (secondary N) is 1. The number of nitrogens with zero attached hydrogens (tertiary/aromatic N) is 3. The first-order valence-corrected chi connectivity index (χ1v) is 11.7. The van der Waals surface area contributed by atoms with Gasteiger partial charge in [0.15, 0.2) is 0 Å². The quantitative estimate of drug-likeness (QED) is 0.415. The Labute approximate surface area is 204 Å². The maximum absolute atomic E-state index is 12.8. The van der Waals surface area contributed by atoms with E-state index in [1.165, 1.54) is 23.8 Å². The Balaban J connectivity index is 1.33. The molecule has 0 aliphatic carbocycles. The maximum Gasteiger partial charge on any atom is 0.272 e. The largest absolute Gasteiger partial charge is 0.368 e. The van der Waals surface area contributed by atoms with Crippen molar-refractivity contribution in [1.82, 2.24) is 4.90 Å². The monoisotopic (exact) mass is 472 g/mol. The fourth-order valence-electron chi connectivity index (χ4n) is 4.19. The van der Waals surface area contributed by atoms with E-state index in [0.717, 1.165) is 30.8 Å². The van der Waals surface area contributed by atoms with Gasteiger partial charge in [-0.05, 0) is 67.4 Å². The van der Waals surface area contributed by atoms with Crippen LogP contribution in [0.25, 0.3) is 0 Å². The molecule has 0 unspecified atom stereocenters. The molecule has 1 aliphatic rings. The lowest BCUT2D eigenvalue weighted by atomic mass is 10.1. The minimum absolute atomic E-state index is 0.0119. The molecule has 35 heavy (non-hydrogen) atoms. The molecule has 0 spiro atoms. The van der Waals surface area contributed by atoms with Crippen LogP contribution < -0.4 is 10.2 Å². The molecule has 1 N–H and O–H groups in total. The van der Waals surface area contributed by atoms with E-state index in [-0.39, 0.29) is 17.5 Å². The Hall–Kier alpha value is -4.20. The number of benzene rings is 3. The first kappa shape index (κ1) is 23.9. The Morgan fingerprint density at radius 3 is 2.11 bits per heavy atom. The van der Waals surface area contributed by atoms with Crippen LogP contribution in [0, 0.1) is 17.0 Å². The summed E-state index contributed by atoms with van der Waals surface area (Å²) in [5, 5.41) is 13.8. The predicted octanol–water partition coefficient (Wildman–Crippen LogP) is 4.68. The average molecular weight is 473 g/mol. The van der Waals surface area contributed by atoms with Crippen molar-refractivity contribution in [2.24, 2.45) is 0 Å². The summed E-state index contributed by atoms with van der Waals surface area (Å²) in [5.41, 5.74) is 4.39. The van der Waals surface area contributed by atoms with Gasteiger partial charge in [0, 0.05) is 60.3 Å². The van der Waals surface area contributed by atoms with Gasteiger partial charge in [0.1, 0.15) is 0 Å². The lowest BCUT2D eigenvalue weighted by molar-refractivity contribution is -0.385. The van der Waals surface area contributed by atoms with Gasteiger partial charge in [-0.1, -0.05) is 19.1 Å². The molecule has 8 nitrogen and oxygen atoms in total. The van der Waals surface area contributed by atoms with E-state index in [1.807, 2.05) is 53.4 Å². The number of hydrogen-bond donors (Lipinski definition) is 1. The Kier molecular flexibility index (Phi) is 7.10. The first-order valence-electron chi connectivity index (χ1n) is 11.7. The van der Waals surface area contributed by atoms with Gasteiger partial charge in [0.2, 0.25) is 0 Å². The van der Waals surface area contributed by atoms with Crippen LogP contribution in [-0.4, -0.2) is 47.8 Å². The standard InChI is InChI=1S/C27H28N4O4/c1-3-20-4-6-21(7-5-20)27(33)30-16-14-29(15-17-30)24-11-9-23(10-12-24)28-26(32)22-8-13-25(31(34)35)19(2)18-22/h4-13,18H,3,14-17H2,1-2H3,(H,28,32). The number of carbonyl (C=O) groups excluding carboxylic acids is 2. The van der Waals surface area contributed by atoms with E-state index in [1.54, 1.807) is 6.92 Å². The fraction of sp³-hybridized carbons (Fsp3) is 0.259. The van der Waals surface area contributed by atoms with E-state index in [2.05, 4.69) is 17.1 Å². The summed E-state index contributed by atoms with van der Waals surface area (Å²) in [7, 11) is 0. The molecule has 8 heteroatoms. The van der Waals surface area contributed by atoms with Crippen molar-refractivity contribution in [3.63, 3.8) is 0 Å². The van der Waals surface area contributed by atoms with Crippen LogP contribution in [-0.2, 0) is 6.42 Å². The topological polar surface area (TPSA) is 95.8 Å². The van der Waals surface area contributed by atoms with Crippen LogP contribution in [0.15, 0.2) is 66.7 Å². The summed E-state index contributed by atoms with van der Waals surface area (Å²) in [6, 6.07) is 19.7. The summed E-state index contributed by atoms with van der Waals surface area (Å²) in [4.78, 5) is 40.0. The number of carbonyl (C=O) groups is 2. The fourth-order valence-corrected chi connectivity index (χ4v) is 4.19.